The Balaban J connectivity index is 1.20. The zero-order valence-corrected chi connectivity index (χ0v) is 22.6. The molecule has 0 atom stereocenters. The fraction of sp³-hybridized carbons (Fsp3) is 0.483. The number of imidazole rings is 1. The number of aryl methyl sites for hydroxylation is 1. The molecule has 0 radical (unpaired) electrons. The van der Waals surface area contributed by atoms with Crippen molar-refractivity contribution >= 4 is 28.7 Å². The van der Waals surface area contributed by atoms with Crippen molar-refractivity contribution in [3.05, 3.63) is 48.3 Å². The van der Waals surface area contributed by atoms with Gasteiger partial charge in [-0.2, -0.15) is 0 Å². The van der Waals surface area contributed by atoms with Crippen molar-refractivity contribution in [1.29, 1.82) is 0 Å². The van der Waals surface area contributed by atoms with E-state index in [0.717, 1.165) is 16.7 Å². The van der Waals surface area contributed by atoms with Crippen LogP contribution < -0.4 is 4.90 Å². The van der Waals surface area contributed by atoms with Crippen LogP contribution in [0.5, 0.6) is 0 Å². The van der Waals surface area contributed by atoms with Gasteiger partial charge < -0.3 is 24.0 Å². The Kier molecular flexibility index (Phi) is 7.03. The number of piperidine rings is 1. The SMILES string of the molecule is Cn1c(-c2cc(N3CCN(C(=O)C4CCN(C(=O)OC(C)(C)C)CC4)CC3)ccc2F)nc2ccccc21. The standard InChI is InChI=1S/C29H36FN5O3/c1-29(2,3)38-28(37)35-13-11-20(12-14-35)27(36)34-17-15-33(16-18-34)21-9-10-23(30)22(19-21)26-31-24-7-5-6-8-25(24)32(26)4/h5-10,19-20H,11-18H2,1-4H3. The van der Waals surface area contributed by atoms with Crippen LogP contribution in [-0.2, 0) is 16.6 Å². The van der Waals surface area contributed by atoms with Gasteiger partial charge in [0.15, 0.2) is 0 Å². The van der Waals surface area contributed by atoms with E-state index in [1.807, 2.05) is 67.6 Å². The van der Waals surface area contributed by atoms with E-state index < -0.39 is 5.60 Å². The minimum Gasteiger partial charge on any atom is -0.444 e. The molecule has 0 N–H and O–H groups in total. The summed E-state index contributed by atoms with van der Waals surface area (Å²) in [4.78, 5) is 36.0. The molecule has 0 unspecified atom stereocenters. The molecule has 0 bridgehead atoms. The largest absolute Gasteiger partial charge is 0.444 e. The van der Waals surface area contributed by atoms with Gasteiger partial charge in [-0.15, -0.1) is 0 Å². The van der Waals surface area contributed by atoms with Crippen molar-refractivity contribution in [3.63, 3.8) is 0 Å². The van der Waals surface area contributed by atoms with Gasteiger partial charge in [0.25, 0.3) is 0 Å². The highest BCUT2D eigenvalue weighted by atomic mass is 19.1. The number of anilines is 1. The van der Waals surface area contributed by atoms with Crippen molar-refractivity contribution < 1.29 is 18.7 Å². The average molecular weight is 522 g/mol. The summed E-state index contributed by atoms with van der Waals surface area (Å²) in [7, 11) is 1.90. The van der Waals surface area contributed by atoms with Crippen molar-refractivity contribution in [2.24, 2.45) is 13.0 Å². The van der Waals surface area contributed by atoms with Gasteiger partial charge in [0.2, 0.25) is 5.91 Å². The van der Waals surface area contributed by atoms with E-state index in [4.69, 9.17) is 4.74 Å². The van der Waals surface area contributed by atoms with E-state index in [1.54, 1.807) is 11.0 Å². The lowest BCUT2D eigenvalue weighted by Crippen LogP contribution is -2.52. The van der Waals surface area contributed by atoms with E-state index in [0.29, 0.717) is 63.5 Å². The van der Waals surface area contributed by atoms with Gasteiger partial charge in [-0.05, 0) is 63.9 Å². The highest BCUT2D eigenvalue weighted by Gasteiger charge is 2.33. The molecule has 1 aromatic heterocycles. The summed E-state index contributed by atoms with van der Waals surface area (Å²) in [5.74, 6) is 0.374. The third kappa shape index (κ3) is 5.33. The van der Waals surface area contributed by atoms with Gasteiger partial charge in [0.05, 0.1) is 16.6 Å². The Morgan fingerprint density at radius 1 is 0.947 bits per heavy atom. The summed E-state index contributed by atoms with van der Waals surface area (Å²) in [5, 5.41) is 0. The number of carbonyl (C=O) groups excluding carboxylic acids is 2. The monoisotopic (exact) mass is 521 g/mol. The van der Waals surface area contributed by atoms with Crippen LogP contribution in [0.3, 0.4) is 0 Å². The van der Waals surface area contributed by atoms with E-state index >= 15 is 0 Å². The molecule has 2 aromatic carbocycles. The maximum absolute atomic E-state index is 14.9. The second kappa shape index (κ2) is 10.3. The van der Waals surface area contributed by atoms with Gasteiger partial charge in [0.1, 0.15) is 17.2 Å². The summed E-state index contributed by atoms with van der Waals surface area (Å²) in [6.07, 6.45) is 0.990. The molecule has 0 aliphatic carbocycles. The number of hydrogen-bond donors (Lipinski definition) is 0. The third-order valence-electron chi connectivity index (χ3n) is 7.43. The predicted molar refractivity (Wildman–Crippen MR) is 145 cm³/mol. The van der Waals surface area contributed by atoms with E-state index in [2.05, 4.69) is 9.88 Å². The lowest BCUT2D eigenvalue weighted by atomic mass is 9.95. The molecule has 9 heteroatoms. The van der Waals surface area contributed by atoms with Crippen LogP contribution in [-0.4, -0.2) is 76.2 Å². The molecule has 2 aliphatic rings. The minimum atomic E-state index is -0.528. The molecule has 38 heavy (non-hydrogen) atoms. The Morgan fingerprint density at radius 2 is 1.63 bits per heavy atom. The summed E-state index contributed by atoms with van der Waals surface area (Å²) < 4.78 is 22.3. The van der Waals surface area contributed by atoms with Gasteiger partial charge >= 0.3 is 6.09 Å². The topological polar surface area (TPSA) is 70.9 Å². The van der Waals surface area contributed by atoms with Crippen LogP contribution in [0.2, 0.25) is 0 Å². The maximum atomic E-state index is 14.9. The van der Waals surface area contributed by atoms with E-state index in [1.165, 1.54) is 6.07 Å². The van der Waals surface area contributed by atoms with Gasteiger partial charge in [0, 0.05) is 57.9 Å². The lowest BCUT2D eigenvalue weighted by molar-refractivity contribution is -0.137. The number of likely N-dealkylation sites (tertiary alicyclic amines) is 1. The first-order chi connectivity index (χ1) is 18.1. The minimum absolute atomic E-state index is 0.0739. The molecule has 5 rings (SSSR count). The quantitative estimate of drug-likeness (QED) is 0.501. The molecule has 3 aromatic rings. The second-order valence-corrected chi connectivity index (χ2v) is 11.2. The molecule has 2 aliphatic heterocycles. The number of rotatable bonds is 3. The zero-order valence-electron chi connectivity index (χ0n) is 22.6. The second-order valence-electron chi connectivity index (χ2n) is 11.2. The van der Waals surface area contributed by atoms with Crippen LogP contribution in [0.4, 0.5) is 14.9 Å². The normalized spacial score (nSPS) is 17.2. The molecule has 202 valence electrons. The number of carbonyl (C=O) groups is 2. The van der Waals surface area contributed by atoms with Crippen molar-refractivity contribution in [2.75, 3.05) is 44.2 Å². The summed E-state index contributed by atoms with van der Waals surface area (Å²) >= 11 is 0. The van der Waals surface area contributed by atoms with Crippen molar-refractivity contribution in [1.82, 2.24) is 19.4 Å². The fourth-order valence-electron chi connectivity index (χ4n) is 5.35. The molecule has 2 saturated heterocycles. The number of piperazine rings is 1. The smallest absolute Gasteiger partial charge is 0.410 e. The molecular formula is C29H36FN5O3. The Morgan fingerprint density at radius 3 is 2.29 bits per heavy atom. The van der Waals surface area contributed by atoms with Crippen LogP contribution in [0, 0.1) is 11.7 Å². The highest BCUT2D eigenvalue weighted by molar-refractivity contribution is 5.82. The van der Waals surface area contributed by atoms with Crippen LogP contribution in [0.25, 0.3) is 22.4 Å². The number of ether oxygens (including phenoxy) is 1. The molecule has 0 spiro atoms. The van der Waals surface area contributed by atoms with Crippen LogP contribution in [0.1, 0.15) is 33.6 Å². The zero-order chi connectivity index (χ0) is 27.0. The predicted octanol–water partition coefficient (Wildman–Crippen LogP) is 4.68. The number of para-hydroxylation sites is 2. The third-order valence-corrected chi connectivity index (χ3v) is 7.43. The number of amides is 2. The number of benzene rings is 2. The molecule has 0 saturated carbocycles. The molecule has 8 nitrogen and oxygen atoms in total. The number of fused-ring (bicyclic) bond motifs is 1. The van der Waals surface area contributed by atoms with Crippen LogP contribution >= 0.6 is 0 Å². The number of hydrogen-bond acceptors (Lipinski definition) is 5. The van der Waals surface area contributed by atoms with Crippen molar-refractivity contribution in [3.8, 4) is 11.4 Å². The Labute approximate surface area is 223 Å². The molecular weight excluding hydrogens is 485 g/mol. The van der Waals surface area contributed by atoms with Gasteiger partial charge in [-0.25, -0.2) is 14.2 Å². The fourth-order valence-corrected chi connectivity index (χ4v) is 5.35. The number of aromatic nitrogens is 2. The lowest BCUT2D eigenvalue weighted by Gasteiger charge is -2.39. The number of halogens is 1. The Bertz CT molecular complexity index is 1330. The summed E-state index contributed by atoms with van der Waals surface area (Å²) in [6, 6.07) is 12.9. The average Bonchev–Trinajstić information content (AvgIpc) is 3.24. The first kappa shape index (κ1) is 26.0. The maximum Gasteiger partial charge on any atom is 0.410 e. The number of nitrogens with zero attached hydrogens (tertiary/aromatic N) is 5. The summed E-state index contributed by atoms with van der Waals surface area (Å²) in [6.45, 7) is 9.22. The summed E-state index contributed by atoms with van der Waals surface area (Å²) in [5.41, 5.74) is 2.65. The van der Waals surface area contributed by atoms with Crippen molar-refractivity contribution in [2.45, 2.75) is 39.2 Å². The molecule has 2 fully saturated rings. The first-order valence-electron chi connectivity index (χ1n) is 13.3. The van der Waals surface area contributed by atoms with Gasteiger partial charge in [-0.3, -0.25) is 4.79 Å². The van der Waals surface area contributed by atoms with Gasteiger partial charge in [-0.1, -0.05) is 12.1 Å². The van der Waals surface area contributed by atoms with E-state index in [-0.39, 0.29) is 23.7 Å². The highest BCUT2D eigenvalue weighted by Crippen LogP contribution is 2.30. The van der Waals surface area contributed by atoms with Crippen LogP contribution in [0.15, 0.2) is 42.5 Å². The molecule has 3 heterocycles. The van der Waals surface area contributed by atoms with E-state index in [9.17, 15) is 14.0 Å². The molecule has 2 amide bonds. The Hall–Kier alpha value is -3.62. The first-order valence-corrected chi connectivity index (χ1v) is 13.3.